The molecule has 0 amide bonds. The number of aromatic nitrogens is 1. The number of oxazole rings is 1. The number of hydrogen-bond donors (Lipinski definition) is 0. The third kappa shape index (κ3) is 3.05. The average molecular weight is 286 g/mol. The number of aryl methyl sites for hydroxylation is 2. The highest BCUT2D eigenvalue weighted by Crippen LogP contribution is 2.25. The fourth-order valence-corrected chi connectivity index (χ4v) is 2.62. The summed E-state index contributed by atoms with van der Waals surface area (Å²) in [6, 6.07) is 6.96. The van der Waals surface area contributed by atoms with E-state index in [-0.39, 0.29) is 5.82 Å². The van der Waals surface area contributed by atoms with Crippen molar-refractivity contribution in [3.8, 4) is 0 Å². The van der Waals surface area contributed by atoms with Gasteiger partial charge < -0.3 is 4.42 Å². The van der Waals surface area contributed by atoms with Crippen LogP contribution in [0.5, 0.6) is 0 Å². The van der Waals surface area contributed by atoms with E-state index in [0.29, 0.717) is 6.54 Å². The minimum atomic E-state index is -0.142. The summed E-state index contributed by atoms with van der Waals surface area (Å²) in [6.45, 7) is 6.27. The van der Waals surface area contributed by atoms with Crippen molar-refractivity contribution in [1.82, 2.24) is 9.88 Å². The molecule has 0 bridgehead atoms. The molecule has 0 atom stereocenters. The number of nitrogens with zero attached hydrogens (tertiary/aromatic N) is 2. The Hall–Kier alpha value is -1.94. The van der Waals surface area contributed by atoms with Gasteiger partial charge in [-0.05, 0) is 31.9 Å². The summed E-state index contributed by atoms with van der Waals surface area (Å²) in [5, 5.41) is 0. The SMILES string of the molecule is Cc1nc(CN2CC=C(c3ccccc3F)CC2)oc1C. The lowest BCUT2D eigenvalue weighted by atomic mass is 9.99. The summed E-state index contributed by atoms with van der Waals surface area (Å²) < 4.78 is 19.4. The molecule has 3 nitrogen and oxygen atoms in total. The van der Waals surface area contributed by atoms with Gasteiger partial charge in [0.2, 0.25) is 5.89 Å². The van der Waals surface area contributed by atoms with Gasteiger partial charge in [0.25, 0.3) is 0 Å². The van der Waals surface area contributed by atoms with Gasteiger partial charge >= 0.3 is 0 Å². The lowest BCUT2D eigenvalue weighted by Crippen LogP contribution is -2.28. The van der Waals surface area contributed by atoms with Gasteiger partial charge in [-0.3, -0.25) is 4.90 Å². The van der Waals surface area contributed by atoms with Crippen molar-refractivity contribution in [3.63, 3.8) is 0 Å². The van der Waals surface area contributed by atoms with Crippen molar-refractivity contribution < 1.29 is 8.81 Å². The number of hydrogen-bond acceptors (Lipinski definition) is 3. The standard InChI is InChI=1S/C17H19FN2O/c1-12-13(2)21-17(19-12)11-20-9-7-14(8-10-20)15-5-3-4-6-16(15)18/h3-7H,8-11H2,1-2H3. The fraction of sp³-hybridized carbons (Fsp3) is 0.353. The Morgan fingerprint density at radius 2 is 2.10 bits per heavy atom. The van der Waals surface area contributed by atoms with Gasteiger partial charge in [-0.2, -0.15) is 0 Å². The molecule has 0 spiro atoms. The molecule has 0 saturated heterocycles. The quantitative estimate of drug-likeness (QED) is 0.861. The first-order chi connectivity index (χ1) is 10.1. The highest BCUT2D eigenvalue weighted by molar-refractivity contribution is 5.66. The van der Waals surface area contributed by atoms with E-state index in [4.69, 9.17) is 4.42 Å². The average Bonchev–Trinajstić information content (AvgIpc) is 2.79. The van der Waals surface area contributed by atoms with Crippen molar-refractivity contribution in [2.75, 3.05) is 13.1 Å². The van der Waals surface area contributed by atoms with Crippen molar-refractivity contribution >= 4 is 5.57 Å². The van der Waals surface area contributed by atoms with Crippen LogP contribution in [0.4, 0.5) is 4.39 Å². The number of rotatable bonds is 3. The summed E-state index contributed by atoms with van der Waals surface area (Å²) in [5.74, 6) is 1.49. The van der Waals surface area contributed by atoms with Crippen LogP contribution in [-0.2, 0) is 6.54 Å². The molecule has 2 aromatic rings. The van der Waals surface area contributed by atoms with Crippen LogP contribution in [0, 0.1) is 19.7 Å². The largest absolute Gasteiger partial charge is 0.444 e. The van der Waals surface area contributed by atoms with E-state index >= 15 is 0 Å². The maximum Gasteiger partial charge on any atom is 0.208 e. The number of benzene rings is 1. The Kier molecular flexibility index (Phi) is 3.88. The van der Waals surface area contributed by atoms with Crippen LogP contribution in [0.2, 0.25) is 0 Å². The van der Waals surface area contributed by atoms with Crippen molar-refractivity contribution in [1.29, 1.82) is 0 Å². The first-order valence-corrected chi connectivity index (χ1v) is 7.22. The van der Waals surface area contributed by atoms with E-state index in [1.807, 2.05) is 26.0 Å². The van der Waals surface area contributed by atoms with Crippen molar-refractivity contribution in [2.45, 2.75) is 26.8 Å². The first kappa shape index (κ1) is 14.0. The van der Waals surface area contributed by atoms with Crippen LogP contribution in [0.3, 0.4) is 0 Å². The summed E-state index contributed by atoms with van der Waals surface area (Å²) in [6.07, 6.45) is 2.95. The normalized spacial score (nSPS) is 16.0. The molecular formula is C17H19FN2O. The van der Waals surface area contributed by atoms with Crippen LogP contribution >= 0.6 is 0 Å². The monoisotopic (exact) mass is 286 g/mol. The highest BCUT2D eigenvalue weighted by Gasteiger charge is 2.17. The molecule has 0 unspecified atom stereocenters. The Morgan fingerprint density at radius 1 is 1.29 bits per heavy atom. The predicted molar refractivity (Wildman–Crippen MR) is 80.2 cm³/mol. The molecule has 3 rings (SSSR count). The molecule has 0 radical (unpaired) electrons. The molecule has 0 aliphatic carbocycles. The second kappa shape index (κ2) is 5.82. The summed E-state index contributed by atoms with van der Waals surface area (Å²) in [5.41, 5.74) is 2.76. The zero-order chi connectivity index (χ0) is 14.8. The van der Waals surface area contributed by atoms with Gasteiger partial charge in [0.15, 0.2) is 0 Å². The molecule has 0 saturated carbocycles. The van der Waals surface area contributed by atoms with E-state index in [1.165, 1.54) is 6.07 Å². The molecule has 1 aliphatic rings. The van der Waals surface area contributed by atoms with Gasteiger partial charge in [-0.15, -0.1) is 0 Å². The Bertz CT molecular complexity index is 656. The zero-order valence-corrected chi connectivity index (χ0v) is 12.4. The smallest absolute Gasteiger partial charge is 0.208 e. The first-order valence-electron chi connectivity index (χ1n) is 7.22. The maximum absolute atomic E-state index is 13.8. The molecule has 110 valence electrons. The highest BCUT2D eigenvalue weighted by atomic mass is 19.1. The second-order valence-electron chi connectivity index (χ2n) is 5.44. The molecule has 1 aromatic carbocycles. The van der Waals surface area contributed by atoms with Crippen molar-refractivity contribution in [3.05, 3.63) is 59.1 Å². The second-order valence-corrected chi connectivity index (χ2v) is 5.44. The Labute approximate surface area is 124 Å². The lowest BCUT2D eigenvalue weighted by Gasteiger charge is -2.25. The molecule has 0 fully saturated rings. The van der Waals surface area contributed by atoms with E-state index < -0.39 is 0 Å². The zero-order valence-electron chi connectivity index (χ0n) is 12.4. The predicted octanol–water partition coefficient (Wildman–Crippen LogP) is 3.72. The van der Waals surface area contributed by atoms with Crippen molar-refractivity contribution in [2.24, 2.45) is 0 Å². The minimum Gasteiger partial charge on any atom is -0.444 e. The third-order valence-corrected chi connectivity index (χ3v) is 3.94. The Morgan fingerprint density at radius 3 is 2.71 bits per heavy atom. The van der Waals surface area contributed by atoms with E-state index in [0.717, 1.165) is 48.0 Å². The topological polar surface area (TPSA) is 29.3 Å². The Balaban J connectivity index is 1.68. The van der Waals surface area contributed by atoms with Gasteiger partial charge in [-0.1, -0.05) is 24.3 Å². The lowest BCUT2D eigenvalue weighted by molar-refractivity contribution is 0.259. The van der Waals surface area contributed by atoms with Crippen LogP contribution in [0.25, 0.3) is 5.57 Å². The summed E-state index contributed by atoms with van der Waals surface area (Å²) in [4.78, 5) is 6.67. The molecule has 1 aliphatic heterocycles. The van der Waals surface area contributed by atoms with Gasteiger partial charge in [0.05, 0.1) is 12.2 Å². The summed E-state index contributed by atoms with van der Waals surface area (Å²) >= 11 is 0. The molecule has 0 N–H and O–H groups in total. The van der Waals surface area contributed by atoms with E-state index in [1.54, 1.807) is 6.07 Å². The summed E-state index contributed by atoms with van der Waals surface area (Å²) in [7, 11) is 0. The van der Waals surface area contributed by atoms with Crippen LogP contribution in [0.1, 0.15) is 29.3 Å². The third-order valence-electron chi connectivity index (χ3n) is 3.94. The maximum atomic E-state index is 13.8. The molecule has 1 aromatic heterocycles. The van der Waals surface area contributed by atoms with Crippen LogP contribution in [0.15, 0.2) is 34.8 Å². The van der Waals surface area contributed by atoms with Crippen LogP contribution in [-0.4, -0.2) is 23.0 Å². The van der Waals surface area contributed by atoms with Gasteiger partial charge in [0.1, 0.15) is 11.6 Å². The van der Waals surface area contributed by atoms with E-state index in [9.17, 15) is 4.39 Å². The molecule has 2 heterocycles. The molecule has 21 heavy (non-hydrogen) atoms. The number of halogens is 1. The molecule has 4 heteroatoms. The fourth-order valence-electron chi connectivity index (χ4n) is 2.62. The van der Waals surface area contributed by atoms with Gasteiger partial charge in [-0.25, -0.2) is 9.37 Å². The minimum absolute atomic E-state index is 0.142. The molecular weight excluding hydrogens is 267 g/mol. The van der Waals surface area contributed by atoms with Crippen LogP contribution < -0.4 is 0 Å². The van der Waals surface area contributed by atoms with Gasteiger partial charge in [0, 0.05) is 18.7 Å². The van der Waals surface area contributed by atoms with E-state index in [2.05, 4.69) is 16.0 Å².